The second-order valence-electron chi connectivity index (χ2n) is 6.60. The zero-order chi connectivity index (χ0) is 16.8. The highest BCUT2D eigenvalue weighted by Gasteiger charge is 2.61. The Morgan fingerprint density at radius 1 is 1.09 bits per heavy atom. The fourth-order valence-electron chi connectivity index (χ4n) is 3.54. The topological polar surface area (TPSA) is 0 Å². The van der Waals surface area contributed by atoms with Gasteiger partial charge in [0.1, 0.15) is 12.0 Å². The molecule has 23 heavy (non-hydrogen) atoms. The molecule has 3 rings (SSSR count). The molecular formula is C20H21ClF2. The minimum Gasteiger partial charge on any atom is -0.242 e. The molecule has 3 heteroatoms. The molecule has 0 N–H and O–H groups in total. The van der Waals surface area contributed by atoms with Gasteiger partial charge in [0.25, 0.3) is 0 Å². The smallest absolute Gasteiger partial charge is 0.129 e. The summed E-state index contributed by atoms with van der Waals surface area (Å²) >= 11 is 6.67. The quantitative estimate of drug-likeness (QED) is 0.576. The van der Waals surface area contributed by atoms with Crippen LogP contribution in [0.25, 0.3) is 0 Å². The fraction of sp³-hybridized carbons (Fsp3) is 0.400. The molecule has 0 amide bonds. The molecule has 0 bridgehead atoms. The van der Waals surface area contributed by atoms with Crippen LogP contribution in [0.5, 0.6) is 0 Å². The molecule has 1 aliphatic carbocycles. The van der Waals surface area contributed by atoms with Crippen LogP contribution < -0.4 is 0 Å². The Balaban J connectivity index is 1.89. The van der Waals surface area contributed by atoms with Crippen molar-refractivity contribution in [1.29, 1.82) is 0 Å². The summed E-state index contributed by atoms with van der Waals surface area (Å²) in [7, 11) is 0. The molecule has 0 spiro atoms. The third kappa shape index (κ3) is 2.89. The van der Waals surface area contributed by atoms with E-state index >= 15 is 0 Å². The Bertz CT molecular complexity index is 704. The highest BCUT2D eigenvalue weighted by atomic mass is 35.5. The monoisotopic (exact) mass is 334 g/mol. The summed E-state index contributed by atoms with van der Waals surface area (Å²) in [6, 6.07) is 13.2. The normalized spacial score (nSPS) is 27.7. The van der Waals surface area contributed by atoms with Crippen molar-refractivity contribution in [2.45, 2.75) is 50.1 Å². The van der Waals surface area contributed by atoms with E-state index in [9.17, 15) is 8.78 Å². The highest BCUT2D eigenvalue weighted by molar-refractivity contribution is 6.27. The SMILES string of the molecule is CCc1ccc(C2C(c3ccc(C(C)F)c(F)c3)C2(C)Cl)cc1. The summed E-state index contributed by atoms with van der Waals surface area (Å²) in [5.74, 6) is -0.282. The van der Waals surface area contributed by atoms with E-state index in [0.29, 0.717) is 0 Å². The minimum absolute atomic E-state index is 0.0510. The molecule has 122 valence electrons. The Morgan fingerprint density at radius 3 is 2.17 bits per heavy atom. The van der Waals surface area contributed by atoms with Crippen LogP contribution in [-0.4, -0.2) is 4.87 Å². The van der Waals surface area contributed by atoms with Crippen molar-refractivity contribution in [2.24, 2.45) is 0 Å². The largest absolute Gasteiger partial charge is 0.242 e. The van der Waals surface area contributed by atoms with E-state index in [0.717, 1.165) is 12.0 Å². The van der Waals surface area contributed by atoms with Gasteiger partial charge in [-0.15, -0.1) is 11.6 Å². The first kappa shape index (κ1) is 16.4. The predicted molar refractivity (Wildman–Crippen MR) is 91.5 cm³/mol. The van der Waals surface area contributed by atoms with Gasteiger partial charge in [-0.05, 0) is 43.0 Å². The molecule has 1 fully saturated rings. The summed E-state index contributed by atoms with van der Waals surface area (Å²) in [6.07, 6.45) is -0.302. The maximum atomic E-state index is 14.1. The van der Waals surface area contributed by atoms with Crippen LogP contribution in [0.1, 0.15) is 61.0 Å². The average Bonchev–Trinajstić information content (AvgIpc) is 3.09. The minimum atomic E-state index is -1.30. The van der Waals surface area contributed by atoms with E-state index < -0.39 is 16.9 Å². The van der Waals surface area contributed by atoms with Crippen molar-refractivity contribution in [3.05, 3.63) is 70.5 Å². The number of alkyl halides is 2. The van der Waals surface area contributed by atoms with Gasteiger partial charge < -0.3 is 0 Å². The van der Waals surface area contributed by atoms with E-state index in [4.69, 9.17) is 11.6 Å². The molecule has 2 aromatic rings. The van der Waals surface area contributed by atoms with Crippen LogP contribution in [-0.2, 0) is 6.42 Å². The van der Waals surface area contributed by atoms with E-state index in [-0.39, 0.29) is 17.4 Å². The van der Waals surface area contributed by atoms with Gasteiger partial charge in [-0.25, -0.2) is 8.78 Å². The Labute approximate surface area is 141 Å². The van der Waals surface area contributed by atoms with Gasteiger partial charge in [0.2, 0.25) is 0 Å². The molecule has 0 aliphatic heterocycles. The van der Waals surface area contributed by atoms with E-state index in [2.05, 4.69) is 31.2 Å². The first-order valence-corrected chi connectivity index (χ1v) is 8.45. The third-order valence-corrected chi connectivity index (χ3v) is 5.47. The summed E-state index contributed by atoms with van der Waals surface area (Å²) in [5.41, 5.74) is 3.41. The van der Waals surface area contributed by atoms with Gasteiger partial charge in [-0.3, -0.25) is 0 Å². The van der Waals surface area contributed by atoms with Crippen molar-refractivity contribution in [1.82, 2.24) is 0 Å². The van der Waals surface area contributed by atoms with Crippen LogP contribution in [0.2, 0.25) is 0 Å². The highest BCUT2D eigenvalue weighted by Crippen LogP contribution is 2.67. The van der Waals surface area contributed by atoms with Crippen molar-refractivity contribution < 1.29 is 8.78 Å². The summed E-state index contributed by atoms with van der Waals surface area (Å²) in [5, 5.41) is 0. The summed E-state index contributed by atoms with van der Waals surface area (Å²) in [6.45, 7) is 5.46. The van der Waals surface area contributed by atoms with Crippen LogP contribution in [0, 0.1) is 5.82 Å². The first-order chi connectivity index (χ1) is 10.9. The molecule has 1 aliphatic rings. The predicted octanol–water partition coefficient (Wildman–Crippen LogP) is 6.30. The number of rotatable bonds is 4. The average molecular weight is 335 g/mol. The molecule has 1 saturated carbocycles. The number of hydrogen-bond donors (Lipinski definition) is 0. The lowest BCUT2D eigenvalue weighted by molar-refractivity contribution is 0.361. The van der Waals surface area contributed by atoms with Crippen molar-refractivity contribution in [3.8, 4) is 0 Å². The number of halogens is 3. The second-order valence-corrected chi connectivity index (χ2v) is 7.41. The van der Waals surface area contributed by atoms with Crippen molar-refractivity contribution >= 4 is 11.6 Å². The standard InChI is InChI=1S/C20H21ClF2/c1-4-13-5-7-14(8-6-13)18-19(20(18,3)21)15-9-10-16(12(2)22)17(23)11-15/h5-12,18-19H,4H2,1-3H3. The lowest BCUT2D eigenvalue weighted by atomic mass is 10.0. The first-order valence-electron chi connectivity index (χ1n) is 8.07. The molecule has 4 unspecified atom stereocenters. The lowest BCUT2D eigenvalue weighted by Crippen LogP contribution is -1.97. The van der Waals surface area contributed by atoms with Gasteiger partial charge in [0.15, 0.2) is 0 Å². The molecular weight excluding hydrogens is 314 g/mol. The molecule has 0 nitrogen and oxygen atoms in total. The number of aryl methyl sites for hydroxylation is 1. The van der Waals surface area contributed by atoms with Crippen molar-refractivity contribution in [2.75, 3.05) is 0 Å². The number of hydrogen-bond acceptors (Lipinski definition) is 0. The van der Waals surface area contributed by atoms with Gasteiger partial charge >= 0.3 is 0 Å². The van der Waals surface area contributed by atoms with Crippen molar-refractivity contribution in [3.63, 3.8) is 0 Å². The summed E-state index contributed by atoms with van der Waals surface area (Å²) in [4.78, 5) is -0.428. The molecule has 0 saturated heterocycles. The molecule has 2 aromatic carbocycles. The molecule has 4 atom stereocenters. The maximum absolute atomic E-state index is 14.1. The lowest BCUT2D eigenvalue weighted by Gasteiger charge is -2.07. The van der Waals surface area contributed by atoms with E-state index in [1.807, 2.05) is 6.92 Å². The molecule has 0 aromatic heterocycles. The van der Waals surface area contributed by atoms with Crippen LogP contribution >= 0.6 is 11.6 Å². The zero-order valence-corrected chi connectivity index (χ0v) is 14.4. The Hall–Kier alpha value is -1.41. The third-order valence-electron chi connectivity index (χ3n) is 5.00. The van der Waals surface area contributed by atoms with Gasteiger partial charge in [-0.1, -0.05) is 43.3 Å². The zero-order valence-electron chi connectivity index (χ0n) is 13.6. The Morgan fingerprint density at radius 2 is 1.65 bits per heavy atom. The number of benzene rings is 2. The van der Waals surface area contributed by atoms with Crippen LogP contribution in [0.3, 0.4) is 0 Å². The Kier molecular flexibility index (Phi) is 4.22. The van der Waals surface area contributed by atoms with E-state index in [1.165, 1.54) is 30.2 Å². The molecule has 0 heterocycles. The summed E-state index contributed by atoms with van der Waals surface area (Å²) < 4.78 is 27.4. The fourth-order valence-corrected chi connectivity index (χ4v) is 3.98. The van der Waals surface area contributed by atoms with Gasteiger partial charge in [0, 0.05) is 17.4 Å². The van der Waals surface area contributed by atoms with Gasteiger partial charge in [-0.2, -0.15) is 0 Å². The maximum Gasteiger partial charge on any atom is 0.129 e. The van der Waals surface area contributed by atoms with Gasteiger partial charge in [0.05, 0.1) is 4.87 Å². The second kappa shape index (κ2) is 5.90. The van der Waals surface area contributed by atoms with Crippen LogP contribution in [0.4, 0.5) is 8.78 Å². The van der Waals surface area contributed by atoms with Crippen LogP contribution in [0.15, 0.2) is 42.5 Å². The molecule has 0 radical (unpaired) electrons. The van der Waals surface area contributed by atoms with E-state index in [1.54, 1.807) is 6.07 Å².